The van der Waals surface area contributed by atoms with Crippen LogP contribution < -0.4 is 5.73 Å². The quantitative estimate of drug-likeness (QED) is 0.484. The zero-order valence-corrected chi connectivity index (χ0v) is 18.8. The number of fused-ring (bicyclic) bond motifs is 1. The van der Waals surface area contributed by atoms with Crippen molar-refractivity contribution in [3.63, 3.8) is 0 Å². The van der Waals surface area contributed by atoms with Crippen molar-refractivity contribution < 1.29 is 14.0 Å². The Morgan fingerprint density at radius 3 is 2.43 bits per heavy atom. The number of carbonyl (C=O) groups excluding carboxylic acids is 2. The summed E-state index contributed by atoms with van der Waals surface area (Å²) in [5.74, 6) is 0.627. The fourth-order valence-corrected chi connectivity index (χ4v) is 2.85. The van der Waals surface area contributed by atoms with E-state index in [1.165, 1.54) is 12.0 Å². The van der Waals surface area contributed by atoms with Gasteiger partial charge in [0, 0.05) is 11.1 Å². The summed E-state index contributed by atoms with van der Waals surface area (Å²) >= 11 is 0. The zero-order valence-electron chi connectivity index (χ0n) is 18.8. The molecule has 2 aromatic heterocycles. The van der Waals surface area contributed by atoms with Crippen LogP contribution in [0.4, 0.5) is 0 Å². The van der Waals surface area contributed by atoms with Gasteiger partial charge in [-0.2, -0.15) is 0 Å². The summed E-state index contributed by atoms with van der Waals surface area (Å²) in [5.41, 5.74) is 8.64. The van der Waals surface area contributed by atoms with E-state index in [-0.39, 0.29) is 0 Å². The smallest absolute Gasteiger partial charge is 0.267 e. The Morgan fingerprint density at radius 2 is 1.87 bits per heavy atom. The maximum atomic E-state index is 11.1. The van der Waals surface area contributed by atoms with Crippen LogP contribution in [0.3, 0.4) is 0 Å². The highest BCUT2D eigenvalue weighted by Crippen LogP contribution is 2.17. The summed E-state index contributed by atoms with van der Waals surface area (Å²) in [5, 5.41) is 0.967. The molecule has 2 heterocycles. The van der Waals surface area contributed by atoms with E-state index >= 15 is 0 Å². The Hall–Kier alpha value is -2.95. The summed E-state index contributed by atoms with van der Waals surface area (Å²) in [6.07, 6.45) is 4.87. The highest BCUT2D eigenvalue weighted by atomic mass is 16.3. The van der Waals surface area contributed by atoms with Crippen LogP contribution in [-0.2, 0) is 12.8 Å². The van der Waals surface area contributed by atoms with Crippen LogP contribution in [0.25, 0.3) is 11.0 Å². The average molecular weight is 411 g/mol. The molecule has 162 valence electrons. The third-order valence-electron chi connectivity index (χ3n) is 4.83. The van der Waals surface area contributed by atoms with Crippen molar-refractivity contribution in [2.45, 2.75) is 60.3 Å². The third-order valence-corrected chi connectivity index (χ3v) is 4.83. The molecule has 1 amide bonds. The molecule has 0 bridgehead atoms. The molecule has 0 saturated carbocycles. The molecule has 3 aromatic rings. The molecular formula is C25H34N2O3. The topological polar surface area (TPSA) is 86.2 Å². The highest BCUT2D eigenvalue weighted by molar-refractivity contribution is 5.90. The highest BCUT2D eigenvalue weighted by Gasteiger charge is 2.09. The number of pyridine rings is 1. The van der Waals surface area contributed by atoms with Gasteiger partial charge in [0.15, 0.2) is 12.0 Å². The summed E-state index contributed by atoms with van der Waals surface area (Å²) in [4.78, 5) is 25.8. The lowest BCUT2D eigenvalue weighted by atomic mass is 9.98. The molecule has 1 aromatic carbocycles. The fourth-order valence-electron chi connectivity index (χ4n) is 2.85. The summed E-state index contributed by atoms with van der Waals surface area (Å²) < 4.78 is 5.15. The largest absolute Gasteiger partial charge is 0.453 e. The van der Waals surface area contributed by atoms with Crippen molar-refractivity contribution in [3.05, 3.63) is 65.2 Å². The molecular weight excluding hydrogens is 376 g/mol. The number of furan rings is 1. The molecule has 0 saturated heterocycles. The first kappa shape index (κ1) is 25.1. The number of nitrogens with zero attached hydrogens (tertiary/aromatic N) is 1. The van der Waals surface area contributed by atoms with Gasteiger partial charge in [-0.05, 0) is 48.9 Å². The number of aldehydes is 1. The number of rotatable bonds is 7. The summed E-state index contributed by atoms with van der Waals surface area (Å²) in [7, 11) is 0. The normalized spacial score (nSPS) is 11.0. The van der Waals surface area contributed by atoms with E-state index in [4.69, 9.17) is 10.2 Å². The Balaban J connectivity index is 0.000000296. The second-order valence-corrected chi connectivity index (χ2v) is 6.88. The van der Waals surface area contributed by atoms with E-state index in [1.807, 2.05) is 44.2 Å². The molecule has 2 N–H and O–H groups in total. The van der Waals surface area contributed by atoms with Gasteiger partial charge in [0.05, 0.1) is 0 Å². The summed E-state index contributed by atoms with van der Waals surface area (Å²) in [6.45, 7) is 10.5. The maximum absolute atomic E-state index is 11.1. The predicted octanol–water partition coefficient (Wildman–Crippen LogP) is 5.99. The molecule has 3 rings (SSSR count). The lowest BCUT2D eigenvalue weighted by Crippen LogP contribution is -2.15. The van der Waals surface area contributed by atoms with Crippen molar-refractivity contribution >= 4 is 23.2 Å². The molecule has 0 radical (unpaired) electrons. The fraction of sp³-hybridized carbons (Fsp3) is 0.400. The number of carbonyl (C=O) groups is 2. The minimum atomic E-state index is -0.447. The van der Waals surface area contributed by atoms with Gasteiger partial charge in [-0.15, -0.1) is 0 Å². The van der Waals surface area contributed by atoms with E-state index in [9.17, 15) is 9.59 Å². The number of para-hydroxylation sites is 1. The van der Waals surface area contributed by atoms with Crippen LogP contribution in [0.5, 0.6) is 0 Å². The SMILES string of the molecule is CC.CCc1ccc(C(N)=O)nc1CCC(C)CC.O=Cc1cc2ccccc2o1. The Kier molecular flexibility index (Phi) is 11.1. The Morgan fingerprint density at radius 1 is 1.17 bits per heavy atom. The van der Waals surface area contributed by atoms with E-state index in [2.05, 4.69) is 25.8 Å². The van der Waals surface area contributed by atoms with Gasteiger partial charge in [0.1, 0.15) is 11.3 Å². The first-order valence-corrected chi connectivity index (χ1v) is 10.7. The van der Waals surface area contributed by atoms with Crippen molar-refractivity contribution in [1.29, 1.82) is 0 Å². The average Bonchev–Trinajstić information content (AvgIpc) is 3.22. The van der Waals surface area contributed by atoms with Gasteiger partial charge in [-0.1, -0.05) is 65.3 Å². The standard InChI is InChI=1S/C14H22N2O.C9H6O2.C2H6/c1-4-10(3)6-8-12-11(5-2)7-9-13(16-12)14(15)17;10-6-8-5-7-3-1-2-4-9(7)11-8;1-2/h7,9-10H,4-6,8H2,1-3H3,(H2,15,17);1-6H;1-2H3. The van der Waals surface area contributed by atoms with E-state index < -0.39 is 5.91 Å². The summed E-state index contributed by atoms with van der Waals surface area (Å²) in [6, 6.07) is 12.9. The molecule has 0 aliphatic carbocycles. The minimum absolute atomic E-state index is 0.376. The van der Waals surface area contributed by atoms with Gasteiger partial charge < -0.3 is 10.2 Å². The second-order valence-electron chi connectivity index (χ2n) is 6.88. The number of hydrogen-bond donors (Lipinski definition) is 1. The number of amides is 1. The number of aryl methyl sites for hydroxylation is 2. The van der Waals surface area contributed by atoms with E-state index in [0.717, 1.165) is 35.9 Å². The van der Waals surface area contributed by atoms with Crippen molar-refractivity contribution in [2.24, 2.45) is 11.7 Å². The lowest BCUT2D eigenvalue weighted by Gasteiger charge is -2.11. The van der Waals surface area contributed by atoms with Crippen LogP contribution in [0, 0.1) is 5.92 Å². The molecule has 30 heavy (non-hydrogen) atoms. The van der Waals surface area contributed by atoms with Gasteiger partial charge in [-0.25, -0.2) is 4.98 Å². The number of hydrogen-bond acceptors (Lipinski definition) is 4. The zero-order chi connectivity index (χ0) is 22.5. The number of aromatic nitrogens is 1. The number of primary amides is 1. The van der Waals surface area contributed by atoms with E-state index in [0.29, 0.717) is 23.7 Å². The van der Waals surface area contributed by atoms with Crippen LogP contribution in [0.15, 0.2) is 46.9 Å². The monoisotopic (exact) mass is 410 g/mol. The molecule has 0 aliphatic rings. The molecule has 5 heteroatoms. The molecule has 5 nitrogen and oxygen atoms in total. The van der Waals surface area contributed by atoms with Crippen molar-refractivity contribution in [2.75, 3.05) is 0 Å². The first-order valence-electron chi connectivity index (χ1n) is 10.7. The van der Waals surface area contributed by atoms with Crippen molar-refractivity contribution in [1.82, 2.24) is 4.98 Å². The van der Waals surface area contributed by atoms with Crippen LogP contribution in [-0.4, -0.2) is 17.2 Å². The molecule has 0 spiro atoms. The number of benzene rings is 1. The Labute approximate surface area is 179 Å². The third kappa shape index (κ3) is 7.47. The molecule has 1 atom stereocenters. The number of nitrogens with two attached hydrogens (primary N) is 1. The second kappa shape index (κ2) is 13.3. The molecule has 0 aliphatic heterocycles. The molecule has 0 fully saturated rings. The molecule has 1 unspecified atom stereocenters. The Bertz CT molecular complexity index is 898. The van der Waals surface area contributed by atoms with Crippen LogP contribution in [0.1, 0.15) is 79.8 Å². The first-order chi connectivity index (χ1) is 14.5. The van der Waals surface area contributed by atoms with Crippen LogP contribution in [0.2, 0.25) is 0 Å². The lowest BCUT2D eigenvalue weighted by molar-refractivity contribution is 0.0994. The van der Waals surface area contributed by atoms with Crippen LogP contribution >= 0.6 is 0 Å². The maximum Gasteiger partial charge on any atom is 0.267 e. The van der Waals surface area contributed by atoms with Gasteiger partial charge in [-0.3, -0.25) is 9.59 Å². The van der Waals surface area contributed by atoms with E-state index in [1.54, 1.807) is 12.1 Å². The minimum Gasteiger partial charge on any atom is -0.453 e. The van der Waals surface area contributed by atoms with Crippen molar-refractivity contribution in [3.8, 4) is 0 Å². The van der Waals surface area contributed by atoms with Gasteiger partial charge >= 0.3 is 0 Å². The predicted molar refractivity (Wildman–Crippen MR) is 123 cm³/mol. The van der Waals surface area contributed by atoms with Gasteiger partial charge in [0.2, 0.25) is 0 Å². The van der Waals surface area contributed by atoms with Gasteiger partial charge in [0.25, 0.3) is 5.91 Å².